The first kappa shape index (κ1) is 17.0. The number of rotatable bonds is 2. The zero-order chi connectivity index (χ0) is 16.7. The van der Waals surface area contributed by atoms with Gasteiger partial charge in [-0.15, -0.1) is 0 Å². The van der Waals surface area contributed by atoms with Gasteiger partial charge in [0, 0.05) is 5.56 Å². The molecule has 0 spiro atoms. The minimum Gasteiger partial charge on any atom is -0.316 e. The number of halogens is 5. The number of hydrogen-bond acceptors (Lipinski definition) is 2. The number of carbonyl (C=O) groups excluding carboxylic acids is 2. The number of carbonyl (C=O) groups is 2. The Morgan fingerprint density at radius 1 is 1.32 bits per heavy atom. The van der Waals surface area contributed by atoms with Crippen LogP contribution in [0.4, 0.5) is 22.4 Å². The summed E-state index contributed by atoms with van der Waals surface area (Å²) in [4.78, 5) is 24.3. The van der Waals surface area contributed by atoms with E-state index >= 15 is 0 Å². The van der Waals surface area contributed by atoms with Crippen molar-refractivity contribution in [3.8, 4) is 0 Å². The Balaban J connectivity index is 2.38. The molecule has 9 heteroatoms. The highest BCUT2D eigenvalue weighted by Crippen LogP contribution is 2.34. The summed E-state index contributed by atoms with van der Waals surface area (Å²) in [5, 5.41) is 2.04. The Morgan fingerprint density at radius 3 is 2.55 bits per heavy atom. The highest BCUT2D eigenvalue weighted by Gasteiger charge is 2.40. The minimum atomic E-state index is -4.73. The number of imide groups is 1. The molecule has 22 heavy (non-hydrogen) atoms. The Labute approximate surface area is 137 Å². The molecular formula is C13H11F4IN2O2. The summed E-state index contributed by atoms with van der Waals surface area (Å²) >= 11 is 1.79. The van der Waals surface area contributed by atoms with Crippen LogP contribution in [0.5, 0.6) is 0 Å². The molecule has 1 fully saturated rings. The molecule has 1 N–H and O–H groups in total. The van der Waals surface area contributed by atoms with E-state index in [0.29, 0.717) is 0 Å². The van der Waals surface area contributed by atoms with Gasteiger partial charge in [0.1, 0.15) is 9.74 Å². The molecule has 4 nitrogen and oxygen atoms in total. The number of alkyl halides is 4. The second kappa shape index (κ2) is 6.01. The van der Waals surface area contributed by atoms with Gasteiger partial charge in [-0.25, -0.2) is 9.18 Å². The first-order valence-electron chi connectivity index (χ1n) is 6.23. The fourth-order valence-electron chi connectivity index (χ4n) is 2.18. The maximum Gasteiger partial charge on any atom is 0.416 e. The Kier molecular flexibility index (Phi) is 4.64. The Bertz CT molecular complexity index is 621. The molecule has 1 aliphatic rings. The molecule has 0 radical (unpaired) electrons. The van der Waals surface area contributed by atoms with Gasteiger partial charge in [-0.1, -0.05) is 28.7 Å². The van der Waals surface area contributed by atoms with Crippen molar-refractivity contribution in [1.82, 2.24) is 10.2 Å². The summed E-state index contributed by atoms with van der Waals surface area (Å²) in [6.45, 7) is 0.961. The molecular weight excluding hydrogens is 419 g/mol. The van der Waals surface area contributed by atoms with Crippen molar-refractivity contribution in [1.29, 1.82) is 0 Å². The normalized spacial score (nSPS) is 22.7. The molecule has 2 atom stereocenters. The summed E-state index contributed by atoms with van der Waals surface area (Å²) in [6, 6.07) is 1.15. The average molecular weight is 430 g/mol. The SMILES string of the molecule is CC1C(I)C(=O)NC(=O)N1Cc1c(F)cccc1C(F)(F)F. The average Bonchev–Trinajstić information content (AvgIpc) is 2.41. The molecule has 1 heterocycles. The molecule has 0 aliphatic carbocycles. The van der Waals surface area contributed by atoms with Crippen molar-refractivity contribution in [2.24, 2.45) is 0 Å². The predicted molar refractivity (Wildman–Crippen MR) is 77.8 cm³/mol. The van der Waals surface area contributed by atoms with Crippen LogP contribution in [-0.4, -0.2) is 26.8 Å². The van der Waals surface area contributed by atoms with Gasteiger partial charge in [-0.3, -0.25) is 10.1 Å². The zero-order valence-electron chi connectivity index (χ0n) is 11.2. The lowest BCUT2D eigenvalue weighted by atomic mass is 10.0. The predicted octanol–water partition coefficient (Wildman–Crippen LogP) is 3.09. The fraction of sp³-hybridized carbons (Fsp3) is 0.385. The quantitative estimate of drug-likeness (QED) is 0.446. The number of benzene rings is 1. The number of nitrogens with zero attached hydrogens (tertiary/aromatic N) is 1. The molecule has 1 aliphatic heterocycles. The summed E-state index contributed by atoms with van der Waals surface area (Å²) < 4.78 is 52.1. The second-order valence-corrected chi connectivity index (χ2v) is 6.17. The molecule has 1 saturated heterocycles. The van der Waals surface area contributed by atoms with Crippen LogP contribution in [0.15, 0.2) is 18.2 Å². The highest BCUT2D eigenvalue weighted by molar-refractivity contribution is 14.1. The summed E-state index contributed by atoms with van der Waals surface area (Å²) in [5.41, 5.74) is -1.75. The minimum absolute atomic E-state index is 0.515. The van der Waals surface area contributed by atoms with E-state index in [1.54, 1.807) is 22.6 Å². The topological polar surface area (TPSA) is 49.4 Å². The fourth-order valence-corrected chi connectivity index (χ4v) is 2.72. The maximum atomic E-state index is 13.8. The van der Waals surface area contributed by atoms with E-state index in [1.165, 1.54) is 6.92 Å². The van der Waals surface area contributed by atoms with E-state index in [2.05, 4.69) is 0 Å². The lowest BCUT2D eigenvalue weighted by molar-refractivity contribution is -0.138. The first-order chi connectivity index (χ1) is 10.1. The maximum absolute atomic E-state index is 13.8. The van der Waals surface area contributed by atoms with Crippen LogP contribution in [0, 0.1) is 5.82 Å². The number of hydrogen-bond donors (Lipinski definition) is 1. The number of nitrogens with one attached hydrogen (secondary N) is 1. The van der Waals surface area contributed by atoms with Crippen LogP contribution in [-0.2, 0) is 17.5 Å². The van der Waals surface area contributed by atoms with Crippen LogP contribution < -0.4 is 5.32 Å². The van der Waals surface area contributed by atoms with Crippen LogP contribution in [0.1, 0.15) is 18.1 Å². The first-order valence-corrected chi connectivity index (χ1v) is 7.47. The Hall–Kier alpha value is -1.39. The van der Waals surface area contributed by atoms with E-state index in [1.807, 2.05) is 5.32 Å². The molecule has 0 bridgehead atoms. The zero-order valence-corrected chi connectivity index (χ0v) is 13.4. The largest absolute Gasteiger partial charge is 0.416 e. The third-order valence-corrected chi connectivity index (χ3v) is 5.02. The standard InChI is InChI=1S/C13H11F4IN2O2/c1-6-10(18)11(21)19-12(22)20(6)5-7-8(13(15,16)17)3-2-4-9(7)14/h2-4,6,10H,5H2,1H3,(H,19,21,22). The Morgan fingerprint density at radius 2 is 1.95 bits per heavy atom. The van der Waals surface area contributed by atoms with Crippen molar-refractivity contribution in [2.75, 3.05) is 0 Å². The molecule has 0 aromatic heterocycles. The van der Waals surface area contributed by atoms with E-state index in [-0.39, 0.29) is 0 Å². The highest BCUT2D eigenvalue weighted by atomic mass is 127. The van der Waals surface area contributed by atoms with Crippen LogP contribution >= 0.6 is 22.6 Å². The molecule has 120 valence electrons. The van der Waals surface area contributed by atoms with Crippen molar-refractivity contribution in [3.63, 3.8) is 0 Å². The van der Waals surface area contributed by atoms with Gasteiger partial charge in [-0.2, -0.15) is 13.2 Å². The van der Waals surface area contributed by atoms with Gasteiger partial charge in [0.25, 0.3) is 0 Å². The van der Waals surface area contributed by atoms with Gasteiger partial charge in [-0.05, 0) is 19.1 Å². The second-order valence-electron chi connectivity index (χ2n) is 4.83. The molecule has 2 rings (SSSR count). The summed E-state index contributed by atoms with van der Waals surface area (Å²) in [7, 11) is 0. The van der Waals surface area contributed by atoms with Gasteiger partial charge in [0.15, 0.2) is 0 Å². The van der Waals surface area contributed by atoms with Gasteiger partial charge in [0.05, 0.1) is 18.2 Å². The third kappa shape index (κ3) is 3.18. The van der Waals surface area contributed by atoms with E-state index in [4.69, 9.17) is 0 Å². The van der Waals surface area contributed by atoms with Gasteiger partial charge >= 0.3 is 12.2 Å². The van der Waals surface area contributed by atoms with E-state index < -0.39 is 51.6 Å². The van der Waals surface area contributed by atoms with Crippen LogP contribution in [0.25, 0.3) is 0 Å². The van der Waals surface area contributed by atoms with E-state index in [9.17, 15) is 27.2 Å². The molecule has 0 saturated carbocycles. The van der Waals surface area contributed by atoms with E-state index in [0.717, 1.165) is 23.1 Å². The van der Waals surface area contributed by atoms with Crippen molar-refractivity contribution >= 4 is 34.5 Å². The van der Waals surface area contributed by atoms with Crippen molar-refractivity contribution < 1.29 is 27.2 Å². The van der Waals surface area contributed by atoms with Crippen molar-refractivity contribution in [3.05, 3.63) is 35.1 Å². The summed E-state index contributed by atoms with van der Waals surface area (Å²) in [5.74, 6) is -1.56. The van der Waals surface area contributed by atoms with Crippen molar-refractivity contribution in [2.45, 2.75) is 29.6 Å². The lowest BCUT2D eigenvalue weighted by Crippen LogP contribution is -2.59. The third-order valence-electron chi connectivity index (χ3n) is 3.41. The van der Waals surface area contributed by atoms with Crippen LogP contribution in [0.2, 0.25) is 0 Å². The molecule has 1 aromatic rings. The van der Waals surface area contributed by atoms with Crippen LogP contribution in [0.3, 0.4) is 0 Å². The molecule has 2 unspecified atom stereocenters. The van der Waals surface area contributed by atoms with Gasteiger partial charge < -0.3 is 4.90 Å². The molecule has 3 amide bonds. The lowest BCUT2D eigenvalue weighted by Gasteiger charge is -2.36. The smallest absolute Gasteiger partial charge is 0.316 e. The van der Waals surface area contributed by atoms with Gasteiger partial charge in [0.2, 0.25) is 5.91 Å². The molecule has 1 aromatic carbocycles. The number of amides is 3. The summed E-state index contributed by atoms with van der Waals surface area (Å²) in [6.07, 6.45) is -4.73. The number of urea groups is 1. The monoisotopic (exact) mass is 430 g/mol.